The molecular formula is C17H16ClN3O4. The fourth-order valence-electron chi connectivity index (χ4n) is 2.62. The van der Waals surface area contributed by atoms with Crippen molar-refractivity contribution in [3.63, 3.8) is 0 Å². The van der Waals surface area contributed by atoms with Gasteiger partial charge in [0.15, 0.2) is 5.54 Å². The summed E-state index contributed by atoms with van der Waals surface area (Å²) in [5.41, 5.74) is -0.494. The number of nitrogens with zero attached hydrogens (tertiary/aromatic N) is 1. The molecule has 0 radical (unpaired) electrons. The van der Waals surface area contributed by atoms with E-state index < -0.39 is 23.4 Å². The molecule has 4 amide bonds. The van der Waals surface area contributed by atoms with Crippen molar-refractivity contribution < 1.29 is 18.8 Å². The van der Waals surface area contributed by atoms with Gasteiger partial charge in [-0.3, -0.25) is 14.5 Å². The zero-order valence-corrected chi connectivity index (χ0v) is 14.2. The lowest BCUT2D eigenvalue weighted by Gasteiger charge is -2.18. The van der Waals surface area contributed by atoms with Gasteiger partial charge in [0.1, 0.15) is 12.3 Å². The molecule has 1 atom stereocenters. The third kappa shape index (κ3) is 3.36. The van der Waals surface area contributed by atoms with E-state index in [1.165, 1.54) is 13.2 Å². The van der Waals surface area contributed by atoms with E-state index in [1.807, 2.05) is 6.07 Å². The lowest BCUT2D eigenvalue weighted by Crippen LogP contribution is -2.43. The zero-order chi connectivity index (χ0) is 18.0. The fourth-order valence-corrected chi connectivity index (χ4v) is 2.83. The molecule has 1 saturated heterocycles. The number of hydrogen-bond acceptors (Lipinski definition) is 4. The summed E-state index contributed by atoms with van der Waals surface area (Å²) in [5.74, 6) is -0.676. The Morgan fingerprint density at radius 1 is 1.32 bits per heavy atom. The second-order valence-corrected chi connectivity index (χ2v) is 6.27. The molecule has 2 aromatic rings. The highest BCUT2D eigenvalue weighted by Gasteiger charge is 2.51. The van der Waals surface area contributed by atoms with Gasteiger partial charge in [-0.1, -0.05) is 23.7 Å². The molecule has 1 aliphatic heterocycles. The number of rotatable bonds is 5. The van der Waals surface area contributed by atoms with Crippen molar-refractivity contribution in [2.24, 2.45) is 0 Å². The van der Waals surface area contributed by atoms with Crippen molar-refractivity contribution >= 4 is 29.4 Å². The maximum Gasteiger partial charge on any atom is 0.325 e. The average Bonchev–Trinajstić information content (AvgIpc) is 3.18. The van der Waals surface area contributed by atoms with Gasteiger partial charge in [-0.15, -0.1) is 0 Å². The Hall–Kier alpha value is -2.80. The zero-order valence-electron chi connectivity index (χ0n) is 13.4. The third-order valence-corrected chi connectivity index (χ3v) is 4.20. The first-order chi connectivity index (χ1) is 11.9. The molecule has 0 spiro atoms. The number of imide groups is 1. The summed E-state index contributed by atoms with van der Waals surface area (Å²) in [4.78, 5) is 37.7. The van der Waals surface area contributed by atoms with Crippen LogP contribution in [-0.4, -0.2) is 29.3 Å². The minimum absolute atomic E-state index is 0.249. The number of carbonyl (C=O) groups is 3. The van der Waals surface area contributed by atoms with Gasteiger partial charge < -0.3 is 15.1 Å². The van der Waals surface area contributed by atoms with E-state index in [0.717, 1.165) is 10.5 Å². The number of furan rings is 1. The summed E-state index contributed by atoms with van der Waals surface area (Å²) >= 11 is 5.89. The topological polar surface area (TPSA) is 91.7 Å². The monoisotopic (exact) mass is 361 g/mol. The van der Waals surface area contributed by atoms with Crippen LogP contribution >= 0.6 is 11.6 Å². The molecule has 2 heterocycles. The maximum atomic E-state index is 12.6. The van der Waals surface area contributed by atoms with E-state index in [9.17, 15) is 14.4 Å². The molecule has 0 aliphatic carbocycles. The molecule has 0 bridgehead atoms. The number of nitrogens with one attached hydrogen (secondary N) is 2. The molecule has 1 fully saturated rings. The summed E-state index contributed by atoms with van der Waals surface area (Å²) < 4.78 is 5.23. The second-order valence-electron chi connectivity index (χ2n) is 5.83. The van der Waals surface area contributed by atoms with Crippen molar-refractivity contribution in [3.05, 3.63) is 59.0 Å². The Bertz CT molecular complexity index is 821. The van der Waals surface area contributed by atoms with Crippen LogP contribution in [0.5, 0.6) is 0 Å². The number of carbonyl (C=O) groups excluding carboxylic acids is 3. The molecule has 1 aromatic heterocycles. The van der Waals surface area contributed by atoms with Gasteiger partial charge in [0.25, 0.3) is 5.91 Å². The second kappa shape index (κ2) is 6.60. The molecule has 1 aliphatic rings. The molecule has 1 unspecified atom stereocenters. The lowest BCUT2D eigenvalue weighted by molar-refractivity contribution is -0.135. The molecular weight excluding hydrogens is 346 g/mol. The highest BCUT2D eigenvalue weighted by Crippen LogP contribution is 2.28. The van der Waals surface area contributed by atoms with Crippen molar-refractivity contribution in [3.8, 4) is 0 Å². The fraction of sp³-hybridized carbons (Fsp3) is 0.235. The summed E-state index contributed by atoms with van der Waals surface area (Å²) in [5, 5.41) is 5.79. The molecule has 2 N–H and O–H groups in total. The number of amides is 4. The molecule has 25 heavy (non-hydrogen) atoms. The highest BCUT2D eigenvalue weighted by atomic mass is 35.5. The number of hydrogen-bond donors (Lipinski definition) is 2. The average molecular weight is 362 g/mol. The maximum absolute atomic E-state index is 12.6. The SMILES string of the molecule is CC1(c2ccco2)NC(=O)N(CC(=O)NCc2cccc(Cl)c2)C1=O. The highest BCUT2D eigenvalue weighted by molar-refractivity contribution is 6.30. The van der Waals surface area contributed by atoms with Gasteiger partial charge >= 0.3 is 6.03 Å². The Labute approximate surface area is 148 Å². The predicted molar refractivity (Wildman–Crippen MR) is 89.6 cm³/mol. The van der Waals surface area contributed by atoms with Gasteiger partial charge in [0.05, 0.1) is 6.26 Å². The Balaban J connectivity index is 1.63. The van der Waals surface area contributed by atoms with Gasteiger partial charge in [-0.25, -0.2) is 4.79 Å². The van der Waals surface area contributed by atoms with Crippen LogP contribution in [0.15, 0.2) is 47.1 Å². The Morgan fingerprint density at radius 3 is 2.80 bits per heavy atom. The molecule has 3 rings (SSSR count). The summed E-state index contributed by atoms with van der Waals surface area (Å²) in [6.07, 6.45) is 1.42. The van der Waals surface area contributed by atoms with Crippen LogP contribution in [0.3, 0.4) is 0 Å². The molecule has 130 valence electrons. The Morgan fingerprint density at radius 2 is 2.12 bits per heavy atom. The third-order valence-electron chi connectivity index (χ3n) is 3.97. The normalized spacial score (nSPS) is 19.8. The van der Waals surface area contributed by atoms with E-state index in [1.54, 1.807) is 30.3 Å². The van der Waals surface area contributed by atoms with Crippen molar-refractivity contribution in [2.45, 2.75) is 19.0 Å². The molecule has 0 saturated carbocycles. The summed E-state index contributed by atoms with van der Waals surface area (Å²) in [6.45, 7) is 1.41. The first kappa shape index (κ1) is 17.0. The lowest BCUT2D eigenvalue weighted by atomic mass is 9.99. The van der Waals surface area contributed by atoms with E-state index >= 15 is 0 Å². The Kier molecular flexibility index (Phi) is 4.50. The standard InChI is InChI=1S/C17H16ClN3O4/c1-17(13-6-3-7-25-13)15(23)21(16(24)20-17)10-14(22)19-9-11-4-2-5-12(18)8-11/h2-8H,9-10H2,1H3,(H,19,22)(H,20,24). The molecule has 1 aromatic carbocycles. The van der Waals surface area contributed by atoms with Crippen LogP contribution in [0, 0.1) is 0 Å². The number of benzene rings is 1. The van der Waals surface area contributed by atoms with Gasteiger partial charge in [0, 0.05) is 11.6 Å². The van der Waals surface area contributed by atoms with Crippen molar-refractivity contribution in [2.75, 3.05) is 6.54 Å². The summed E-state index contributed by atoms with van der Waals surface area (Å²) in [7, 11) is 0. The first-order valence-corrected chi connectivity index (χ1v) is 7.97. The number of urea groups is 1. The van der Waals surface area contributed by atoms with Crippen LogP contribution in [0.2, 0.25) is 5.02 Å². The van der Waals surface area contributed by atoms with Crippen LogP contribution in [0.25, 0.3) is 0 Å². The van der Waals surface area contributed by atoms with E-state index in [-0.39, 0.29) is 13.1 Å². The predicted octanol–water partition coefficient (Wildman–Crippen LogP) is 2.02. The largest absolute Gasteiger partial charge is 0.466 e. The van der Waals surface area contributed by atoms with E-state index in [0.29, 0.717) is 10.8 Å². The van der Waals surface area contributed by atoms with Crippen LogP contribution in [-0.2, 0) is 21.7 Å². The minimum atomic E-state index is -1.31. The van der Waals surface area contributed by atoms with E-state index in [4.69, 9.17) is 16.0 Å². The van der Waals surface area contributed by atoms with Crippen LogP contribution < -0.4 is 10.6 Å². The van der Waals surface area contributed by atoms with Gasteiger partial charge in [0.2, 0.25) is 5.91 Å². The van der Waals surface area contributed by atoms with Crippen molar-refractivity contribution in [1.82, 2.24) is 15.5 Å². The van der Waals surface area contributed by atoms with Crippen LogP contribution in [0.4, 0.5) is 4.79 Å². The van der Waals surface area contributed by atoms with Crippen molar-refractivity contribution in [1.29, 1.82) is 0 Å². The van der Waals surface area contributed by atoms with Gasteiger partial charge in [-0.05, 0) is 36.8 Å². The first-order valence-electron chi connectivity index (χ1n) is 7.59. The molecule has 8 heteroatoms. The van der Waals surface area contributed by atoms with E-state index in [2.05, 4.69) is 10.6 Å². The smallest absolute Gasteiger partial charge is 0.325 e. The summed E-state index contributed by atoms with van der Waals surface area (Å²) in [6, 6.07) is 9.63. The van der Waals surface area contributed by atoms with Gasteiger partial charge in [-0.2, -0.15) is 0 Å². The van der Waals surface area contributed by atoms with Crippen LogP contribution in [0.1, 0.15) is 18.2 Å². The number of halogens is 1. The quantitative estimate of drug-likeness (QED) is 0.797. The molecule has 7 nitrogen and oxygen atoms in total. The minimum Gasteiger partial charge on any atom is -0.466 e.